The summed E-state index contributed by atoms with van der Waals surface area (Å²) in [5, 5.41) is 5.47. The van der Waals surface area contributed by atoms with E-state index in [2.05, 4.69) is 10.6 Å². The molecule has 2 aromatic carbocycles. The number of amides is 2. The minimum atomic E-state index is -0.300. The summed E-state index contributed by atoms with van der Waals surface area (Å²) in [6.45, 7) is 0. The first-order valence-corrected chi connectivity index (χ1v) is 5.55. The lowest BCUT2D eigenvalue weighted by Crippen LogP contribution is -2.19. The first-order valence-electron chi connectivity index (χ1n) is 5.55. The van der Waals surface area contributed by atoms with Crippen LogP contribution in [-0.4, -0.2) is 13.1 Å². The Balaban J connectivity index is 2.03. The highest BCUT2D eigenvalue weighted by Gasteiger charge is 2.06. The van der Waals surface area contributed by atoms with Crippen molar-refractivity contribution in [3.05, 3.63) is 54.6 Å². The van der Waals surface area contributed by atoms with Gasteiger partial charge in [-0.15, -0.1) is 0 Å². The maximum Gasteiger partial charge on any atom is 0.323 e. The number of methoxy groups -OCH3 is 1. The fourth-order valence-corrected chi connectivity index (χ4v) is 1.55. The van der Waals surface area contributed by atoms with Crippen LogP contribution in [0.5, 0.6) is 5.75 Å². The number of hydrogen-bond donors (Lipinski definition) is 2. The molecule has 2 aromatic rings. The van der Waals surface area contributed by atoms with Crippen molar-refractivity contribution in [2.45, 2.75) is 0 Å². The molecule has 0 saturated heterocycles. The van der Waals surface area contributed by atoms with Crippen molar-refractivity contribution < 1.29 is 9.53 Å². The Bertz CT molecular complexity index is 526. The van der Waals surface area contributed by atoms with E-state index in [1.54, 1.807) is 19.2 Å². The number of carbonyl (C=O) groups excluding carboxylic acids is 1. The standard InChI is InChI=1S/C14H14N2O2/c1-18-13-10-6-5-9-12(13)16-14(17)15-11-7-3-2-4-8-11/h2-10H,1H3,(H2,15,16,17). The van der Waals surface area contributed by atoms with Gasteiger partial charge in [-0.3, -0.25) is 0 Å². The monoisotopic (exact) mass is 242 g/mol. The molecule has 4 heteroatoms. The molecule has 0 heterocycles. The molecule has 0 aliphatic rings. The van der Waals surface area contributed by atoms with Crippen LogP contribution in [0.15, 0.2) is 54.6 Å². The fourth-order valence-electron chi connectivity index (χ4n) is 1.55. The fraction of sp³-hybridized carbons (Fsp3) is 0.0714. The van der Waals surface area contributed by atoms with E-state index in [0.29, 0.717) is 11.4 Å². The predicted molar refractivity (Wildman–Crippen MR) is 72.1 cm³/mol. The smallest absolute Gasteiger partial charge is 0.323 e. The maximum absolute atomic E-state index is 11.8. The number of anilines is 2. The van der Waals surface area contributed by atoms with Crippen molar-refractivity contribution in [2.75, 3.05) is 17.7 Å². The highest BCUT2D eigenvalue weighted by molar-refractivity contribution is 6.00. The second kappa shape index (κ2) is 5.72. The number of carbonyl (C=O) groups is 1. The summed E-state index contributed by atoms with van der Waals surface area (Å²) >= 11 is 0. The molecule has 0 bridgehead atoms. The summed E-state index contributed by atoms with van der Waals surface area (Å²) in [6, 6.07) is 16.2. The molecule has 0 aromatic heterocycles. The van der Waals surface area contributed by atoms with Crippen LogP contribution in [-0.2, 0) is 0 Å². The zero-order valence-corrected chi connectivity index (χ0v) is 10.0. The number of rotatable bonds is 3. The van der Waals surface area contributed by atoms with Gasteiger partial charge in [0.05, 0.1) is 12.8 Å². The van der Waals surface area contributed by atoms with Crippen LogP contribution < -0.4 is 15.4 Å². The van der Waals surface area contributed by atoms with Crippen molar-refractivity contribution in [3.63, 3.8) is 0 Å². The second-order valence-corrected chi connectivity index (χ2v) is 3.65. The zero-order valence-electron chi connectivity index (χ0n) is 10.0. The molecule has 0 radical (unpaired) electrons. The van der Waals surface area contributed by atoms with Gasteiger partial charge < -0.3 is 15.4 Å². The Morgan fingerprint density at radius 2 is 1.61 bits per heavy atom. The van der Waals surface area contributed by atoms with Crippen LogP contribution in [0.4, 0.5) is 16.2 Å². The number of hydrogen-bond acceptors (Lipinski definition) is 2. The average molecular weight is 242 g/mol. The largest absolute Gasteiger partial charge is 0.495 e. The molecule has 0 saturated carbocycles. The third kappa shape index (κ3) is 3.01. The van der Waals surface area contributed by atoms with Gasteiger partial charge in [-0.25, -0.2) is 4.79 Å². The topological polar surface area (TPSA) is 50.4 Å². The van der Waals surface area contributed by atoms with Gasteiger partial charge in [0.2, 0.25) is 0 Å². The zero-order chi connectivity index (χ0) is 12.8. The predicted octanol–water partition coefficient (Wildman–Crippen LogP) is 3.34. The maximum atomic E-state index is 11.8. The Morgan fingerprint density at radius 1 is 0.944 bits per heavy atom. The summed E-state index contributed by atoms with van der Waals surface area (Å²) in [5.74, 6) is 0.626. The third-order valence-electron chi connectivity index (χ3n) is 2.39. The van der Waals surface area contributed by atoms with E-state index in [1.165, 1.54) is 0 Å². The molecule has 2 rings (SSSR count). The summed E-state index contributed by atoms with van der Waals surface area (Å²) in [7, 11) is 1.57. The lowest BCUT2D eigenvalue weighted by molar-refractivity contribution is 0.262. The van der Waals surface area contributed by atoms with Gasteiger partial charge in [-0.2, -0.15) is 0 Å². The minimum absolute atomic E-state index is 0.300. The molecule has 18 heavy (non-hydrogen) atoms. The van der Waals surface area contributed by atoms with Crippen molar-refractivity contribution in [2.24, 2.45) is 0 Å². The van der Waals surface area contributed by atoms with Crippen molar-refractivity contribution in [3.8, 4) is 5.75 Å². The van der Waals surface area contributed by atoms with Gasteiger partial charge >= 0.3 is 6.03 Å². The molecular weight excluding hydrogens is 228 g/mol. The van der Waals surface area contributed by atoms with E-state index in [0.717, 1.165) is 5.69 Å². The Labute approximate surface area is 106 Å². The number of benzene rings is 2. The summed E-state index contributed by atoms with van der Waals surface area (Å²) in [6.07, 6.45) is 0. The van der Waals surface area contributed by atoms with E-state index < -0.39 is 0 Å². The second-order valence-electron chi connectivity index (χ2n) is 3.65. The van der Waals surface area contributed by atoms with Gasteiger partial charge in [-0.05, 0) is 24.3 Å². The van der Waals surface area contributed by atoms with E-state index in [4.69, 9.17) is 4.74 Å². The highest BCUT2D eigenvalue weighted by atomic mass is 16.5. The molecule has 92 valence electrons. The molecule has 2 N–H and O–H groups in total. The van der Waals surface area contributed by atoms with E-state index in [-0.39, 0.29) is 6.03 Å². The SMILES string of the molecule is COc1ccccc1NC(=O)Nc1ccccc1. The molecule has 0 aliphatic carbocycles. The highest BCUT2D eigenvalue weighted by Crippen LogP contribution is 2.23. The minimum Gasteiger partial charge on any atom is -0.495 e. The van der Waals surface area contributed by atoms with Gasteiger partial charge in [0.25, 0.3) is 0 Å². The first-order chi connectivity index (χ1) is 8.79. The summed E-state index contributed by atoms with van der Waals surface area (Å²) < 4.78 is 5.15. The molecule has 0 unspecified atom stereocenters. The molecule has 0 aliphatic heterocycles. The Hall–Kier alpha value is -2.49. The van der Waals surface area contributed by atoms with Gasteiger partial charge in [0.15, 0.2) is 0 Å². The Kier molecular flexibility index (Phi) is 3.81. The number of nitrogens with one attached hydrogen (secondary N) is 2. The van der Waals surface area contributed by atoms with Gasteiger partial charge in [0.1, 0.15) is 5.75 Å². The Morgan fingerprint density at radius 3 is 2.33 bits per heavy atom. The first kappa shape index (κ1) is 12.0. The summed E-state index contributed by atoms with van der Waals surface area (Å²) in [5.41, 5.74) is 1.37. The lowest BCUT2D eigenvalue weighted by atomic mass is 10.3. The van der Waals surface area contributed by atoms with Crippen LogP contribution >= 0.6 is 0 Å². The third-order valence-corrected chi connectivity index (χ3v) is 2.39. The van der Waals surface area contributed by atoms with E-state index in [9.17, 15) is 4.79 Å². The van der Waals surface area contributed by atoms with Crippen LogP contribution in [0.2, 0.25) is 0 Å². The van der Waals surface area contributed by atoms with Crippen LogP contribution in [0.25, 0.3) is 0 Å². The molecule has 4 nitrogen and oxygen atoms in total. The number of urea groups is 1. The van der Waals surface area contributed by atoms with Crippen LogP contribution in [0.3, 0.4) is 0 Å². The molecule has 2 amide bonds. The number of para-hydroxylation sites is 3. The van der Waals surface area contributed by atoms with Gasteiger partial charge in [0, 0.05) is 5.69 Å². The molecule has 0 fully saturated rings. The van der Waals surface area contributed by atoms with Crippen LogP contribution in [0.1, 0.15) is 0 Å². The normalized spacial score (nSPS) is 9.61. The van der Waals surface area contributed by atoms with Crippen molar-refractivity contribution in [1.29, 1.82) is 0 Å². The number of ether oxygens (including phenoxy) is 1. The summed E-state index contributed by atoms with van der Waals surface area (Å²) in [4.78, 5) is 11.8. The van der Waals surface area contributed by atoms with Gasteiger partial charge in [-0.1, -0.05) is 30.3 Å². The molecule has 0 spiro atoms. The van der Waals surface area contributed by atoms with E-state index in [1.807, 2.05) is 42.5 Å². The van der Waals surface area contributed by atoms with E-state index >= 15 is 0 Å². The molecule has 0 atom stereocenters. The average Bonchev–Trinajstić information content (AvgIpc) is 2.40. The lowest BCUT2D eigenvalue weighted by Gasteiger charge is -2.10. The van der Waals surface area contributed by atoms with Crippen molar-refractivity contribution in [1.82, 2.24) is 0 Å². The van der Waals surface area contributed by atoms with Crippen LogP contribution in [0, 0.1) is 0 Å². The molecular formula is C14H14N2O2. The quantitative estimate of drug-likeness (QED) is 0.867. The van der Waals surface area contributed by atoms with Crippen molar-refractivity contribution >= 4 is 17.4 Å².